The largest absolute Gasteiger partial charge is 1.00 e. The predicted molar refractivity (Wildman–Crippen MR) is 74.1 cm³/mol. The Balaban J connectivity index is -0.0000000300. The minimum absolute atomic E-state index is 0. The molecule has 0 aliphatic heterocycles. The van der Waals surface area contributed by atoms with E-state index in [-0.39, 0.29) is 118 Å². The maximum absolute atomic E-state index is 8.89. The van der Waals surface area contributed by atoms with Crippen LogP contribution in [0.1, 0.15) is 40.3 Å². The zero-order chi connectivity index (χ0) is 20.1. The van der Waals surface area contributed by atoms with E-state index < -0.39 is 23.9 Å². The number of carbonyl (C=O) groups excluding carboxylic acids is 4. The van der Waals surface area contributed by atoms with Gasteiger partial charge >= 0.3 is 118 Å². The van der Waals surface area contributed by atoms with Crippen LogP contribution in [0.3, 0.4) is 0 Å². The molecule has 0 fully saturated rings. The summed E-state index contributed by atoms with van der Waals surface area (Å²) in [6, 6.07) is 3.86. The zero-order valence-electron chi connectivity index (χ0n) is 18.1. The second kappa shape index (κ2) is 42.1. The van der Waals surface area contributed by atoms with Crippen LogP contribution in [0.5, 0.6) is 0 Å². The first kappa shape index (κ1) is 51.5. The number of aryl methyl sites for hydroxylation is 1. The summed E-state index contributed by atoms with van der Waals surface area (Å²) >= 11 is 0. The molecule has 138 valence electrons. The van der Waals surface area contributed by atoms with E-state index in [1.807, 2.05) is 12.1 Å². The number of carboxylic acid groups (broad SMARTS) is 4. The quantitative estimate of drug-likeness (QED) is 0.383. The molecule has 0 aliphatic rings. The van der Waals surface area contributed by atoms with Crippen molar-refractivity contribution in [3.63, 3.8) is 0 Å². The number of aliphatic carboxylic acids is 4. The van der Waals surface area contributed by atoms with Gasteiger partial charge in [0.15, 0.2) is 0 Å². The molecular formula is C14H20N2Na4O8. The van der Waals surface area contributed by atoms with Gasteiger partial charge in [-0.2, -0.15) is 10.2 Å². The summed E-state index contributed by atoms with van der Waals surface area (Å²) in [5.74, 6) is -4.33. The molecule has 28 heavy (non-hydrogen) atoms. The fraction of sp³-hybridized carbons (Fsp3) is 0.429. The van der Waals surface area contributed by atoms with Gasteiger partial charge in [0.2, 0.25) is 0 Å². The van der Waals surface area contributed by atoms with Gasteiger partial charge < -0.3 is 39.6 Å². The Morgan fingerprint density at radius 2 is 1.00 bits per heavy atom. The van der Waals surface area contributed by atoms with Gasteiger partial charge in [-0.15, -0.1) is 0 Å². The second-order valence-corrected chi connectivity index (χ2v) is 3.53. The van der Waals surface area contributed by atoms with Crippen molar-refractivity contribution in [3.8, 4) is 0 Å². The van der Waals surface area contributed by atoms with E-state index in [2.05, 4.69) is 17.1 Å². The molecule has 10 nitrogen and oxygen atoms in total. The molecule has 1 rings (SSSR count). The Kier molecular flexibility index (Phi) is 77.6. The van der Waals surface area contributed by atoms with Crippen molar-refractivity contribution >= 4 is 23.9 Å². The molecule has 0 N–H and O–H groups in total. The molecule has 0 bridgehead atoms. The Bertz CT molecular complexity index is 416. The maximum atomic E-state index is 8.89. The minimum atomic E-state index is -1.08. The Hall–Kier alpha value is 0.960. The second-order valence-electron chi connectivity index (χ2n) is 3.53. The van der Waals surface area contributed by atoms with Gasteiger partial charge in [0, 0.05) is 30.1 Å². The minimum Gasteiger partial charge on any atom is -0.550 e. The van der Waals surface area contributed by atoms with Crippen molar-refractivity contribution in [1.29, 1.82) is 0 Å². The summed E-state index contributed by atoms with van der Waals surface area (Å²) < 4.78 is 0. The molecule has 1 aromatic rings. The Morgan fingerprint density at radius 3 is 1.11 bits per heavy atom. The number of hydrogen-bond acceptors (Lipinski definition) is 10. The summed E-state index contributed by atoms with van der Waals surface area (Å²) in [5, 5.41) is 43.1. The first-order valence-corrected chi connectivity index (χ1v) is 6.33. The van der Waals surface area contributed by atoms with Gasteiger partial charge in [0.25, 0.3) is 0 Å². The van der Waals surface area contributed by atoms with Crippen LogP contribution < -0.4 is 139 Å². The molecule has 0 atom stereocenters. The van der Waals surface area contributed by atoms with Gasteiger partial charge in [-0.1, -0.05) is 6.92 Å². The third-order valence-electron chi connectivity index (χ3n) is 0.990. The standard InChI is InChI=1S/C6H8N2.4C2H4O2.4Na/c1-2-6-4-3-5-7-8-6;4*1-2(3)4;;;;/h3-5H,2H2,1H3;4*1H3,(H,3,4);;;;/q;;;;;4*+1/p-4. The summed E-state index contributed by atoms with van der Waals surface area (Å²) in [6.07, 6.45) is 2.65. The van der Waals surface area contributed by atoms with Crippen molar-refractivity contribution in [2.24, 2.45) is 0 Å². The molecular weight excluding hydrogens is 416 g/mol. The van der Waals surface area contributed by atoms with Gasteiger partial charge in [-0.3, -0.25) is 0 Å². The van der Waals surface area contributed by atoms with E-state index in [1.54, 1.807) is 6.20 Å². The van der Waals surface area contributed by atoms with Crippen molar-refractivity contribution in [2.45, 2.75) is 41.0 Å². The Morgan fingerprint density at radius 1 is 0.750 bits per heavy atom. The van der Waals surface area contributed by atoms with E-state index in [4.69, 9.17) is 39.6 Å². The van der Waals surface area contributed by atoms with Gasteiger partial charge in [-0.25, -0.2) is 0 Å². The van der Waals surface area contributed by atoms with Crippen molar-refractivity contribution < 1.29 is 158 Å². The molecule has 1 heterocycles. The van der Waals surface area contributed by atoms with E-state index in [0.717, 1.165) is 39.8 Å². The molecule has 0 saturated heterocycles. The van der Waals surface area contributed by atoms with Crippen molar-refractivity contribution in [3.05, 3.63) is 24.0 Å². The number of carbonyl (C=O) groups is 4. The first-order valence-electron chi connectivity index (χ1n) is 6.33. The number of aromatic nitrogens is 2. The SMILES string of the molecule is CC(=O)[O-].CC(=O)[O-].CC(=O)[O-].CC(=O)[O-].CCc1cccnn1.[Na+].[Na+].[Na+].[Na+]. The molecule has 1 aromatic heterocycles. The van der Waals surface area contributed by atoms with Gasteiger partial charge in [0.05, 0.1) is 5.69 Å². The predicted octanol–water partition coefficient (Wildman–Crippen LogP) is -15.9. The van der Waals surface area contributed by atoms with Crippen LogP contribution in [0, 0.1) is 0 Å². The molecule has 14 heteroatoms. The molecule has 0 spiro atoms. The van der Waals surface area contributed by atoms with E-state index in [9.17, 15) is 0 Å². The number of rotatable bonds is 1. The molecule has 0 aliphatic carbocycles. The molecule has 0 aromatic carbocycles. The summed E-state index contributed by atoms with van der Waals surface area (Å²) in [5.41, 5.74) is 1.05. The molecule has 0 radical (unpaired) electrons. The van der Waals surface area contributed by atoms with E-state index in [0.29, 0.717) is 0 Å². The molecule has 0 saturated carbocycles. The van der Waals surface area contributed by atoms with E-state index >= 15 is 0 Å². The number of nitrogens with zero attached hydrogens (tertiary/aromatic N) is 2. The fourth-order valence-electron chi connectivity index (χ4n) is 0.522. The van der Waals surface area contributed by atoms with Crippen LogP contribution in [0.15, 0.2) is 18.3 Å². The van der Waals surface area contributed by atoms with Crippen molar-refractivity contribution in [2.75, 3.05) is 0 Å². The van der Waals surface area contributed by atoms with Gasteiger partial charge in [-0.05, 0) is 46.2 Å². The van der Waals surface area contributed by atoms with Crippen LogP contribution in [0.25, 0.3) is 0 Å². The maximum Gasteiger partial charge on any atom is 1.00 e. The topological polar surface area (TPSA) is 186 Å². The average Bonchev–Trinajstić information content (AvgIpc) is 2.37. The molecule has 0 amide bonds. The van der Waals surface area contributed by atoms with Crippen LogP contribution in [-0.2, 0) is 25.6 Å². The van der Waals surface area contributed by atoms with Gasteiger partial charge in [0.1, 0.15) is 0 Å². The first-order chi connectivity index (χ1) is 10.9. The summed E-state index contributed by atoms with van der Waals surface area (Å²) in [6.45, 7) is 5.95. The summed E-state index contributed by atoms with van der Waals surface area (Å²) in [4.78, 5) is 35.6. The van der Waals surface area contributed by atoms with Crippen LogP contribution >= 0.6 is 0 Å². The van der Waals surface area contributed by atoms with Crippen molar-refractivity contribution in [1.82, 2.24) is 10.2 Å². The smallest absolute Gasteiger partial charge is 0.550 e. The van der Waals surface area contributed by atoms with E-state index in [1.165, 1.54) is 0 Å². The van der Waals surface area contributed by atoms with Crippen LogP contribution in [0.2, 0.25) is 0 Å². The number of carboxylic acids is 4. The van der Waals surface area contributed by atoms with Crippen LogP contribution in [-0.4, -0.2) is 34.1 Å². The van der Waals surface area contributed by atoms with Crippen LogP contribution in [0.4, 0.5) is 0 Å². The average molecular weight is 436 g/mol. The Labute approximate surface area is 253 Å². The number of hydrogen-bond donors (Lipinski definition) is 0. The monoisotopic (exact) mass is 436 g/mol. The summed E-state index contributed by atoms with van der Waals surface area (Å²) in [7, 11) is 0. The zero-order valence-corrected chi connectivity index (χ0v) is 26.1. The fourth-order valence-corrected chi connectivity index (χ4v) is 0.522. The third kappa shape index (κ3) is 151. The normalized spacial score (nSPS) is 6.18. The molecule has 0 unspecified atom stereocenters. The third-order valence-corrected chi connectivity index (χ3v) is 0.990.